The van der Waals surface area contributed by atoms with Crippen molar-refractivity contribution in [2.24, 2.45) is 4.99 Å². The highest BCUT2D eigenvalue weighted by molar-refractivity contribution is 6.16. The summed E-state index contributed by atoms with van der Waals surface area (Å²) in [5.74, 6) is 0.657. The van der Waals surface area contributed by atoms with Crippen LogP contribution in [0.2, 0.25) is 0 Å². The Hall–Kier alpha value is -3.14. The van der Waals surface area contributed by atoms with Crippen LogP contribution >= 0.6 is 0 Å². The number of aliphatic imine (C=N–C) groups is 1. The van der Waals surface area contributed by atoms with Gasteiger partial charge in [0.2, 0.25) is 5.91 Å². The molecule has 0 fully saturated rings. The van der Waals surface area contributed by atoms with Crippen LogP contribution in [0.5, 0.6) is 0 Å². The lowest BCUT2D eigenvalue weighted by Gasteiger charge is -2.23. The van der Waals surface area contributed by atoms with Gasteiger partial charge in [-0.25, -0.2) is 4.99 Å². The van der Waals surface area contributed by atoms with Gasteiger partial charge in [-0.05, 0) is 42.3 Å². The molecule has 0 saturated heterocycles. The fourth-order valence-corrected chi connectivity index (χ4v) is 3.03. The van der Waals surface area contributed by atoms with Gasteiger partial charge in [0.15, 0.2) is 0 Å². The summed E-state index contributed by atoms with van der Waals surface area (Å²) in [4.78, 5) is 19.5. The molecule has 2 aromatic carbocycles. The van der Waals surface area contributed by atoms with E-state index in [4.69, 9.17) is 9.41 Å². The number of fused-ring (bicyclic) bond motifs is 1. The van der Waals surface area contributed by atoms with Gasteiger partial charge in [-0.2, -0.15) is 0 Å². The van der Waals surface area contributed by atoms with Crippen molar-refractivity contribution >= 4 is 23.0 Å². The van der Waals surface area contributed by atoms with Crippen molar-refractivity contribution in [3.8, 4) is 0 Å². The van der Waals surface area contributed by atoms with Crippen LogP contribution in [-0.4, -0.2) is 11.6 Å². The van der Waals surface area contributed by atoms with Gasteiger partial charge in [0, 0.05) is 0 Å². The zero-order valence-corrected chi connectivity index (χ0v) is 14.0. The summed E-state index contributed by atoms with van der Waals surface area (Å²) in [5.41, 5.74) is 4.48. The van der Waals surface area contributed by atoms with E-state index in [2.05, 4.69) is 0 Å². The molecule has 4 heteroatoms. The molecule has 25 heavy (non-hydrogen) atoms. The minimum Gasteiger partial charge on any atom is -0.463 e. The number of hydrogen-bond donors (Lipinski definition) is 0. The third kappa shape index (κ3) is 3.11. The van der Waals surface area contributed by atoms with Crippen LogP contribution in [-0.2, 0) is 11.3 Å². The predicted octanol–water partition coefficient (Wildman–Crippen LogP) is 4.65. The maximum Gasteiger partial charge on any atom is 0.233 e. The summed E-state index contributed by atoms with van der Waals surface area (Å²) in [7, 11) is 0. The Bertz CT molecular complexity index is 928. The monoisotopic (exact) mass is 330 g/mol. The molecule has 124 valence electrons. The average molecular weight is 330 g/mol. The quantitative estimate of drug-likeness (QED) is 0.702. The third-order valence-corrected chi connectivity index (χ3v) is 4.29. The first-order valence-electron chi connectivity index (χ1n) is 8.27. The highest BCUT2D eigenvalue weighted by Gasteiger charge is 2.26. The molecular formula is C21H18N2O2. The van der Waals surface area contributed by atoms with Crippen molar-refractivity contribution in [3.05, 3.63) is 83.8 Å². The van der Waals surface area contributed by atoms with Crippen LogP contribution in [0.15, 0.2) is 76.3 Å². The number of carbonyl (C=O) groups excluding carboxylic acids is 1. The maximum atomic E-state index is 13.0. The number of aryl methyl sites for hydroxylation is 1. The van der Waals surface area contributed by atoms with Crippen LogP contribution in [0.25, 0.3) is 0 Å². The molecule has 1 aliphatic heterocycles. The minimum absolute atomic E-state index is 0.0170. The van der Waals surface area contributed by atoms with Crippen molar-refractivity contribution in [2.75, 3.05) is 4.90 Å². The Balaban J connectivity index is 1.79. The van der Waals surface area contributed by atoms with Gasteiger partial charge in [0.05, 0.1) is 36.3 Å². The Morgan fingerprint density at radius 2 is 1.92 bits per heavy atom. The Morgan fingerprint density at radius 1 is 1.08 bits per heavy atom. The number of nitrogens with zero attached hydrogens (tertiary/aromatic N) is 2. The van der Waals surface area contributed by atoms with Crippen LogP contribution in [0.3, 0.4) is 0 Å². The Kier molecular flexibility index (Phi) is 3.94. The van der Waals surface area contributed by atoms with Gasteiger partial charge < -0.3 is 9.32 Å². The van der Waals surface area contributed by atoms with Crippen molar-refractivity contribution < 1.29 is 9.21 Å². The molecule has 0 saturated carbocycles. The molecule has 3 aromatic rings. The zero-order chi connectivity index (χ0) is 17.2. The summed E-state index contributed by atoms with van der Waals surface area (Å²) in [6.45, 7) is 2.55. The molecule has 0 N–H and O–H groups in total. The van der Waals surface area contributed by atoms with Crippen LogP contribution in [0, 0.1) is 6.92 Å². The molecule has 0 atom stereocenters. The minimum atomic E-state index is 0.0170. The molecule has 0 spiro atoms. The highest BCUT2D eigenvalue weighted by atomic mass is 16.3. The molecule has 4 nitrogen and oxygen atoms in total. The summed E-state index contributed by atoms with van der Waals surface area (Å²) in [6.07, 6.45) is 1.82. The van der Waals surface area contributed by atoms with Crippen molar-refractivity contribution in [3.63, 3.8) is 0 Å². The average Bonchev–Trinajstić information content (AvgIpc) is 3.12. The largest absolute Gasteiger partial charge is 0.463 e. The van der Waals surface area contributed by atoms with Crippen LogP contribution in [0.1, 0.15) is 23.3 Å². The second-order valence-electron chi connectivity index (χ2n) is 6.17. The van der Waals surface area contributed by atoms with E-state index in [1.165, 1.54) is 0 Å². The smallest absolute Gasteiger partial charge is 0.233 e. The second kappa shape index (κ2) is 6.40. The number of benzene rings is 2. The summed E-state index contributed by atoms with van der Waals surface area (Å²) in [6, 6.07) is 19.7. The Morgan fingerprint density at radius 3 is 2.68 bits per heavy atom. The van der Waals surface area contributed by atoms with Gasteiger partial charge in [0.1, 0.15) is 5.76 Å². The molecular weight excluding hydrogens is 312 g/mol. The lowest BCUT2D eigenvalue weighted by Crippen LogP contribution is -2.31. The zero-order valence-electron chi connectivity index (χ0n) is 14.0. The molecule has 1 aromatic heterocycles. The molecule has 2 heterocycles. The fraction of sp³-hybridized carbons (Fsp3) is 0.143. The molecule has 1 aliphatic rings. The summed E-state index contributed by atoms with van der Waals surface area (Å²) >= 11 is 0. The molecule has 0 aliphatic carbocycles. The van der Waals surface area contributed by atoms with E-state index in [0.717, 1.165) is 22.5 Å². The molecule has 1 amide bonds. The van der Waals surface area contributed by atoms with E-state index in [-0.39, 0.29) is 12.3 Å². The van der Waals surface area contributed by atoms with E-state index in [0.29, 0.717) is 18.0 Å². The number of rotatable bonds is 3. The Labute approximate surface area is 146 Å². The molecule has 0 bridgehead atoms. The van der Waals surface area contributed by atoms with E-state index in [9.17, 15) is 4.79 Å². The van der Waals surface area contributed by atoms with E-state index < -0.39 is 0 Å². The third-order valence-electron chi connectivity index (χ3n) is 4.29. The highest BCUT2D eigenvalue weighted by Crippen LogP contribution is 2.35. The SMILES string of the molecule is Cc1ccc2c(c1)N(Cc1ccccc1)C(=O)CC(c1ccco1)=N2. The van der Waals surface area contributed by atoms with Gasteiger partial charge in [-0.3, -0.25) is 4.79 Å². The van der Waals surface area contributed by atoms with Crippen molar-refractivity contribution in [1.82, 2.24) is 0 Å². The topological polar surface area (TPSA) is 45.8 Å². The molecule has 0 unspecified atom stereocenters. The number of amides is 1. The lowest BCUT2D eigenvalue weighted by molar-refractivity contribution is -0.117. The van der Waals surface area contributed by atoms with Gasteiger partial charge in [0.25, 0.3) is 0 Å². The standard InChI is InChI=1S/C21H18N2O2/c1-15-9-10-17-19(12-15)23(14-16-6-3-2-4-7-16)21(24)13-18(22-17)20-8-5-11-25-20/h2-12H,13-14H2,1H3. The summed E-state index contributed by atoms with van der Waals surface area (Å²) in [5, 5.41) is 0. The molecule has 0 radical (unpaired) electrons. The van der Waals surface area contributed by atoms with Gasteiger partial charge >= 0.3 is 0 Å². The van der Waals surface area contributed by atoms with Crippen LogP contribution in [0.4, 0.5) is 11.4 Å². The number of furan rings is 1. The first kappa shape index (κ1) is 15.4. The second-order valence-corrected chi connectivity index (χ2v) is 6.17. The van der Waals surface area contributed by atoms with E-state index in [1.54, 1.807) is 6.26 Å². The van der Waals surface area contributed by atoms with Crippen LogP contribution < -0.4 is 4.90 Å². The predicted molar refractivity (Wildman–Crippen MR) is 98.3 cm³/mol. The first-order chi connectivity index (χ1) is 12.2. The number of anilines is 1. The first-order valence-corrected chi connectivity index (χ1v) is 8.27. The maximum absolute atomic E-state index is 13.0. The number of hydrogen-bond acceptors (Lipinski definition) is 3. The fourth-order valence-electron chi connectivity index (χ4n) is 3.03. The van der Waals surface area contributed by atoms with Gasteiger partial charge in [-0.1, -0.05) is 36.4 Å². The van der Waals surface area contributed by atoms with Gasteiger partial charge in [-0.15, -0.1) is 0 Å². The number of carbonyl (C=O) groups is 1. The van der Waals surface area contributed by atoms with E-state index >= 15 is 0 Å². The van der Waals surface area contributed by atoms with Crippen molar-refractivity contribution in [2.45, 2.75) is 19.9 Å². The summed E-state index contributed by atoms with van der Waals surface area (Å²) < 4.78 is 5.47. The van der Waals surface area contributed by atoms with Crippen molar-refractivity contribution in [1.29, 1.82) is 0 Å². The normalized spacial score (nSPS) is 14.0. The van der Waals surface area contributed by atoms with E-state index in [1.807, 2.05) is 72.5 Å². The molecule has 4 rings (SSSR count). The lowest BCUT2D eigenvalue weighted by atomic mass is 10.1.